The second-order valence-corrected chi connectivity index (χ2v) is 5.79. The second kappa shape index (κ2) is 8.87. The highest BCUT2D eigenvalue weighted by Gasteiger charge is 2.16. The van der Waals surface area contributed by atoms with Crippen LogP contribution >= 0.6 is 0 Å². The Morgan fingerprint density at radius 1 is 1.08 bits per heavy atom. The SMILES string of the molecule is CCCCN(CC)c1ccc(NC(=O)c2ccccc2)cc1C(=O)O. The number of unbranched alkanes of at least 4 members (excludes halogenated alkanes) is 1. The molecule has 2 aromatic carbocycles. The molecule has 5 nitrogen and oxygen atoms in total. The summed E-state index contributed by atoms with van der Waals surface area (Å²) in [5.74, 6) is -1.26. The molecule has 0 aliphatic heterocycles. The van der Waals surface area contributed by atoms with Gasteiger partial charge in [-0.05, 0) is 43.7 Å². The summed E-state index contributed by atoms with van der Waals surface area (Å²) in [5.41, 5.74) is 1.88. The molecule has 0 heterocycles. The van der Waals surface area contributed by atoms with E-state index in [1.807, 2.05) is 13.0 Å². The first kappa shape index (κ1) is 18.5. The van der Waals surface area contributed by atoms with Gasteiger partial charge < -0.3 is 15.3 Å². The molecule has 25 heavy (non-hydrogen) atoms. The predicted octanol–water partition coefficient (Wildman–Crippen LogP) is 4.26. The number of nitrogens with one attached hydrogen (secondary N) is 1. The van der Waals surface area contributed by atoms with E-state index in [4.69, 9.17) is 0 Å². The average Bonchev–Trinajstić information content (AvgIpc) is 2.63. The number of rotatable bonds is 8. The second-order valence-electron chi connectivity index (χ2n) is 5.79. The maximum absolute atomic E-state index is 12.2. The van der Waals surface area contributed by atoms with E-state index in [-0.39, 0.29) is 11.5 Å². The van der Waals surface area contributed by atoms with E-state index in [1.165, 1.54) is 6.07 Å². The third kappa shape index (κ3) is 4.83. The lowest BCUT2D eigenvalue weighted by Gasteiger charge is -2.25. The Morgan fingerprint density at radius 2 is 1.80 bits per heavy atom. The number of carbonyl (C=O) groups is 2. The van der Waals surface area contributed by atoms with Crippen LogP contribution < -0.4 is 10.2 Å². The van der Waals surface area contributed by atoms with Crippen molar-refractivity contribution in [2.24, 2.45) is 0 Å². The van der Waals surface area contributed by atoms with Crippen LogP contribution in [0.2, 0.25) is 0 Å². The van der Waals surface area contributed by atoms with E-state index >= 15 is 0 Å². The molecule has 2 aromatic rings. The molecule has 0 unspecified atom stereocenters. The average molecular weight is 340 g/mol. The van der Waals surface area contributed by atoms with Crippen LogP contribution in [0.5, 0.6) is 0 Å². The van der Waals surface area contributed by atoms with Crippen molar-refractivity contribution < 1.29 is 14.7 Å². The third-order valence-electron chi connectivity index (χ3n) is 4.02. The fourth-order valence-corrected chi connectivity index (χ4v) is 2.65. The van der Waals surface area contributed by atoms with Gasteiger partial charge in [0.25, 0.3) is 5.91 Å². The van der Waals surface area contributed by atoms with Crippen molar-refractivity contribution in [2.75, 3.05) is 23.3 Å². The van der Waals surface area contributed by atoms with Crippen LogP contribution in [-0.4, -0.2) is 30.1 Å². The highest BCUT2D eigenvalue weighted by Crippen LogP contribution is 2.25. The van der Waals surface area contributed by atoms with Crippen LogP contribution in [0.4, 0.5) is 11.4 Å². The van der Waals surface area contributed by atoms with Crippen molar-refractivity contribution in [3.05, 3.63) is 59.7 Å². The van der Waals surface area contributed by atoms with Gasteiger partial charge in [-0.25, -0.2) is 4.79 Å². The van der Waals surface area contributed by atoms with Gasteiger partial charge in [0.1, 0.15) is 0 Å². The Labute approximate surface area is 148 Å². The first-order chi connectivity index (χ1) is 12.1. The molecule has 0 saturated heterocycles. The van der Waals surface area contributed by atoms with Gasteiger partial charge in [-0.3, -0.25) is 4.79 Å². The number of anilines is 2. The van der Waals surface area contributed by atoms with Crippen LogP contribution in [0.15, 0.2) is 48.5 Å². The van der Waals surface area contributed by atoms with Crippen molar-refractivity contribution in [1.29, 1.82) is 0 Å². The molecule has 0 atom stereocenters. The smallest absolute Gasteiger partial charge is 0.337 e. The van der Waals surface area contributed by atoms with Crippen LogP contribution in [0.25, 0.3) is 0 Å². The van der Waals surface area contributed by atoms with Gasteiger partial charge >= 0.3 is 5.97 Å². The predicted molar refractivity (Wildman–Crippen MR) is 101 cm³/mol. The van der Waals surface area contributed by atoms with E-state index in [2.05, 4.69) is 17.1 Å². The van der Waals surface area contributed by atoms with Gasteiger partial charge in [-0.1, -0.05) is 31.5 Å². The van der Waals surface area contributed by atoms with Gasteiger partial charge in [-0.15, -0.1) is 0 Å². The van der Waals surface area contributed by atoms with Crippen molar-refractivity contribution >= 4 is 23.3 Å². The maximum atomic E-state index is 12.2. The quantitative estimate of drug-likeness (QED) is 0.753. The molecule has 0 aliphatic rings. The van der Waals surface area contributed by atoms with E-state index in [0.29, 0.717) is 16.9 Å². The Morgan fingerprint density at radius 3 is 2.40 bits per heavy atom. The van der Waals surface area contributed by atoms with E-state index in [9.17, 15) is 14.7 Å². The molecular weight excluding hydrogens is 316 g/mol. The normalized spacial score (nSPS) is 10.3. The fraction of sp³-hybridized carbons (Fsp3) is 0.300. The van der Waals surface area contributed by atoms with Gasteiger partial charge in [0.05, 0.1) is 11.3 Å². The van der Waals surface area contributed by atoms with Crippen LogP contribution in [0, 0.1) is 0 Å². The molecule has 5 heteroatoms. The number of carboxylic acids is 1. The minimum absolute atomic E-state index is 0.198. The minimum Gasteiger partial charge on any atom is -0.478 e. The number of carbonyl (C=O) groups excluding carboxylic acids is 1. The van der Waals surface area contributed by atoms with Crippen molar-refractivity contribution in [2.45, 2.75) is 26.7 Å². The summed E-state index contributed by atoms with van der Waals surface area (Å²) in [5, 5.41) is 12.3. The molecule has 0 aliphatic carbocycles. The Balaban J connectivity index is 2.26. The monoisotopic (exact) mass is 340 g/mol. The number of carboxylic acid groups (broad SMARTS) is 1. The summed E-state index contributed by atoms with van der Waals surface area (Å²) in [6.07, 6.45) is 2.05. The summed E-state index contributed by atoms with van der Waals surface area (Å²) in [4.78, 5) is 26.0. The van der Waals surface area contributed by atoms with E-state index < -0.39 is 5.97 Å². The van der Waals surface area contributed by atoms with E-state index in [0.717, 1.165) is 25.9 Å². The number of hydrogen-bond acceptors (Lipinski definition) is 3. The molecule has 2 N–H and O–H groups in total. The highest BCUT2D eigenvalue weighted by atomic mass is 16.4. The lowest BCUT2D eigenvalue weighted by atomic mass is 10.1. The zero-order chi connectivity index (χ0) is 18.2. The van der Waals surface area contributed by atoms with Crippen LogP contribution in [0.3, 0.4) is 0 Å². The Bertz CT molecular complexity index is 729. The first-order valence-corrected chi connectivity index (χ1v) is 8.55. The summed E-state index contributed by atoms with van der Waals surface area (Å²) >= 11 is 0. The van der Waals surface area contributed by atoms with Crippen molar-refractivity contribution in [1.82, 2.24) is 0 Å². The zero-order valence-corrected chi connectivity index (χ0v) is 14.7. The van der Waals surface area contributed by atoms with Crippen molar-refractivity contribution in [3.63, 3.8) is 0 Å². The number of hydrogen-bond donors (Lipinski definition) is 2. The number of amides is 1. The van der Waals surface area contributed by atoms with Gasteiger partial charge in [0, 0.05) is 24.3 Å². The first-order valence-electron chi connectivity index (χ1n) is 8.55. The Hall–Kier alpha value is -2.82. The number of nitrogens with zero attached hydrogens (tertiary/aromatic N) is 1. The molecule has 0 bridgehead atoms. The lowest BCUT2D eigenvalue weighted by Crippen LogP contribution is -2.26. The van der Waals surface area contributed by atoms with Crippen LogP contribution in [-0.2, 0) is 0 Å². The number of benzene rings is 2. The van der Waals surface area contributed by atoms with E-state index in [1.54, 1.807) is 36.4 Å². The summed E-state index contributed by atoms with van der Waals surface area (Å²) in [6.45, 7) is 5.65. The molecular formula is C20H24N2O3. The Kier molecular flexibility index (Phi) is 6.57. The highest BCUT2D eigenvalue weighted by molar-refractivity contribution is 6.05. The molecule has 2 rings (SSSR count). The van der Waals surface area contributed by atoms with Gasteiger partial charge in [-0.2, -0.15) is 0 Å². The topological polar surface area (TPSA) is 69.6 Å². The molecule has 132 valence electrons. The summed E-state index contributed by atoms with van der Waals surface area (Å²) in [7, 11) is 0. The fourth-order valence-electron chi connectivity index (χ4n) is 2.65. The molecule has 0 fully saturated rings. The molecule has 0 saturated carbocycles. The van der Waals surface area contributed by atoms with Gasteiger partial charge in [0.15, 0.2) is 0 Å². The number of aromatic carboxylic acids is 1. The third-order valence-corrected chi connectivity index (χ3v) is 4.02. The lowest BCUT2D eigenvalue weighted by molar-refractivity contribution is 0.0697. The van der Waals surface area contributed by atoms with Crippen molar-refractivity contribution in [3.8, 4) is 0 Å². The standard InChI is InChI=1S/C20H24N2O3/c1-3-5-13-22(4-2)18-12-11-16(14-17(18)20(24)25)21-19(23)15-9-7-6-8-10-15/h6-12,14H,3-5,13H2,1-2H3,(H,21,23)(H,24,25). The minimum atomic E-state index is -0.999. The summed E-state index contributed by atoms with van der Waals surface area (Å²) < 4.78 is 0. The largest absolute Gasteiger partial charge is 0.478 e. The molecule has 0 radical (unpaired) electrons. The molecule has 0 spiro atoms. The molecule has 0 aromatic heterocycles. The van der Waals surface area contributed by atoms with Gasteiger partial charge in [0.2, 0.25) is 0 Å². The summed E-state index contributed by atoms with van der Waals surface area (Å²) in [6, 6.07) is 13.9. The molecule has 1 amide bonds. The zero-order valence-electron chi connectivity index (χ0n) is 14.7. The maximum Gasteiger partial charge on any atom is 0.337 e. The van der Waals surface area contributed by atoms with Crippen LogP contribution in [0.1, 0.15) is 47.4 Å².